The molecule has 2 aromatic carbocycles. The van der Waals surface area contributed by atoms with E-state index >= 15 is 0 Å². The molecule has 0 unspecified atom stereocenters. The van der Waals surface area contributed by atoms with E-state index in [0.717, 1.165) is 27.6 Å². The van der Waals surface area contributed by atoms with Crippen molar-refractivity contribution in [3.05, 3.63) is 59.5 Å². The van der Waals surface area contributed by atoms with Crippen LogP contribution in [-0.2, 0) is 9.59 Å². The van der Waals surface area contributed by atoms with Gasteiger partial charge in [0.15, 0.2) is 6.10 Å². The predicted molar refractivity (Wildman–Crippen MR) is 128 cm³/mol. The van der Waals surface area contributed by atoms with Gasteiger partial charge in [0.2, 0.25) is 0 Å². The number of benzene rings is 2. The maximum atomic E-state index is 13.8. The second-order valence-electron chi connectivity index (χ2n) is 9.44. The van der Waals surface area contributed by atoms with Crippen LogP contribution >= 0.6 is 0 Å². The molecule has 1 N–H and O–H groups in total. The molecule has 1 aliphatic rings. The number of pyridine rings is 1. The zero-order valence-electron chi connectivity index (χ0n) is 19.9. The van der Waals surface area contributed by atoms with Crippen molar-refractivity contribution in [1.82, 2.24) is 9.88 Å². The van der Waals surface area contributed by atoms with Gasteiger partial charge in [-0.25, -0.2) is 4.39 Å². The lowest BCUT2D eigenvalue weighted by atomic mass is 9.82. The molecule has 178 valence electrons. The molecule has 0 saturated carbocycles. The molecule has 1 amide bonds. The third-order valence-electron chi connectivity index (χ3n) is 6.67. The van der Waals surface area contributed by atoms with Crippen molar-refractivity contribution in [3.8, 4) is 16.9 Å². The molecule has 0 spiro atoms. The van der Waals surface area contributed by atoms with Gasteiger partial charge in [0.25, 0.3) is 5.91 Å². The van der Waals surface area contributed by atoms with Crippen molar-refractivity contribution in [2.45, 2.75) is 46.6 Å². The summed E-state index contributed by atoms with van der Waals surface area (Å²) in [6.07, 6.45) is 2.14. The van der Waals surface area contributed by atoms with Crippen molar-refractivity contribution in [1.29, 1.82) is 0 Å². The minimum Gasteiger partial charge on any atom is -0.481 e. The largest absolute Gasteiger partial charge is 0.481 e. The second kappa shape index (κ2) is 9.05. The summed E-state index contributed by atoms with van der Waals surface area (Å²) in [6, 6.07) is 10.4. The standard InChI is InChI=1S/C27H29FN2O4/c1-16-12-19(28)13-17(2)24(16)22-8-10-29-23-14-20(6-7-21(22)23)34-18(3)25(31)30-11-5-9-27(4,15-30)26(32)33/h6-8,10,12-14,18H,5,9,11,15H2,1-4H3,(H,32,33)/t18-,27-/m1/s1. The zero-order chi connectivity index (χ0) is 24.6. The predicted octanol–water partition coefficient (Wildman–Crippen LogP) is 5.14. The number of aromatic nitrogens is 1. The van der Waals surface area contributed by atoms with Crippen molar-refractivity contribution >= 4 is 22.8 Å². The molecular weight excluding hydrogens is 435 g/mol. The van der Waals surface area contributed by atoms with E-state index < -0.39 is 17.5 Å². The molecule has 7 heteroatoms. The van der Waals surface area contributed by atoms with Gasteiger partial charge in [0, 0.05) is 30.7 Å². The monoisotopic (exact) mass is 464 g/mol. The van der Waals surface area contributed by atoms with Crippen molar-refractivity contribution in [2.75, 3.05) is 13.1 Å². The average molecular weight is 465 g/mol. The number of hydrogen-bond donors (Lipinski definition) is 1. The first-order chi connectivity index (χ1) is 16.1. The SMILES string of the molecule is Cc1cc(F)cc(C)c1-c1ccnc2cc(O[C@H](C)C(=O)N3CCC[C@@](C)(C(=O)O)C3)ccc12. The molecule has 1 aromatic heterocycles. The van der Waals surface area contributed by atoms with E-state index in [9.17, 15) is 19.1 Å². The fourth-order valence-corrected chi connectivity index (χ4v) is 4.87. The Morgan fingerprint density at radius 3 is 2.56 bits per heavy atom. The van der Waals surface area contributed by atoms with Gasteiger partial charge in [0.1, 0.15) is 11.6 Å². The van der Waals surface area contributed by atoms with Crippen LogP contribution in [0.3, 0.4) is 0 Å². The van der Waals surface area contributed by atoms with E-state index in [1.54, 1.807) is 37.1 Å². The van der Waals surface area contributed by atoms with E-state index in [1.165, 1.54) is 12.1 Å². The number of carbonyl (C=O) groups excluding carboxylic acids is 1. The highest BCUT2D eigenvalue weighted by Crippen LogP contribution is 2.35. The lowest BCUT2D eigenvalue weighted by Gasteiger charge is -2.38. The number of halogens is 1. The van der Waals surface area contributed by atoms with E-state index in [-0.39, 0.29) is 18.3 Å². The molecule has 2 heterocycles. The van der Waals surface area contributed by atoms with Crippen molar-refractivity contribution < 1.29 is 23.8 Å². The Labute approximate surface area is 198 Å². The molecule has 0 bridgehead atoms. The smallest absolute Gasteiger partial charge is 0.311 e. The van der Waals surface area contributed by atoms with Crippen LogP contribution in [0.15, 0.2) is 42.6 Å². The number of ether oxygens (including phenoxy) is 1. The van der Waals surface area contributed by atoms with Gasteiger partial charge < -0.3 is 14.7 Å². The summed E-state index contributed by atoms with van der Waals surface area (Å²) >= 11 is 0. The Hall–Kier alpha value is -3.48. The van der Waals surface area contributed by atoms with Crippen molar-refractivity contribution in [3.63, 3.8) is 0 Å². The average Bonchev–Trinajstić information content (AvgIpc) is 2.77. The highest BCUT2D eigenvalue weighted by molar-refractivity contribution is 5.96. The Balaban J connectivity index is 1.57. The van der Waals surface area contributed by atoms with Crippen LogP contribution < -0.4 is 4.74 Å². The normalized spacial score (nSPS) is 19.1. The fourth-order valence-electron chi connectivity index (χ4n) is 4.87. The van der Waals surface area contributed by atoms with E-state index in [0.29, 0.717) is 30.7 Å². The van der Waals surface area contributed by atoms with Crippen LogP contribution in [0, 0.1) is 25.1 Å². The number of carbonyl (C=O) groups is 2. The number of piperidine rings is 1. The number of aliphatic carboxylic acids is 1. The highest BCUT2D eigenvalue weighted by Gasteiger charge is 2.40. The van der Waals surface area contributed by atoms with E-state index in [2.05, 4.69) is 4.98 Å². The topological polar surface area (TPSA) is 79.7 Å². The number of carboxylic acids is 1. The molecule has 3 aromatic rings. The number of fused-ring (bicyclic) bond motifs is 1. The molecule has 1 fully saturated rings. The van der Waals surface area contributed by atoms with Crippen LogP contribution in [0.5, 0.6) is 5.75 Å². The first-order valence-corrected chi connectivity index (χ1v) is 11.4. The summed E-state index contributed by atoms with van der Waals surface area (Å²) in [5, 5.41) is 10.4. The number of carboxylic acid groups (broad SMARTS) is 1. The summed E-state index contributed by atoms with van der Waals surface area (Å²) in [5.74, 6) is -0.875. The molecule has 2 atom stereocenters. The summed E-state index contributed by atoms with van der Waals surface area (Å²) in [7, 11) is 0. The van der Waals surface area contributed by atoms with Gasteiger partial charge in [-0.05, 0) is 93.1 Å². The minimum atomic E-state index is -0.937. The Morgan fingerprint density at radius 1 is 1.18 bits per heavy atom. The summed E-state index contributed by atoms with van der Waals surface area (Å²) in [6.45, 7) is 7.82. The summed E-state index contributed by atoms with van der Waals surface area (Å²) < 4.78 is 19.8. The van der Waals surface area contributed by atoms with Crippen LogP contribution in [0.25, 0.3) is 22.0 Å². The number of rotatable bonds is 5. The van der Waals surface area contributed by atoms with E-state index in [4.69, 9.17) is 4.74 Å². The quantitative estimate of drug-likeness (QED) is 0.566. The minimum absolute atomic E-state index is 0.174. The second-order valence-corrected chi connectivity index (χ2v) is 9.44. The lowest BCUT2D eigenvalue weighted by molar-refractivity contribution is -0.155. The molecule has 0 radical (unpaired) electrons. The first-order valence-electron chi connectivity index (χ1n) is 11.4. The maximum absolute atomic E-state index is 13.8. The summed E-state index contributed by atoms with van der Waals surface area (Å²) in [5.41, 5.74) is 3.38. The molecule has 34 heavy (non-hydrogen) atoms. The summed E-state index contributed by atoms with van der Waals surface area (Å²) in [4.78, 5) is 30.7. The first kappa shape index (κ1) is 23.7. The molecule has 1 aliphatic heterocycles. The molecule has 4 rings (SSSR count). The Kier molecular flexibility index (Phi) is 6.30. The van der Waals surface area contributed by atoms with Gasteiger partial charge >= 0.3 is 5.97 Å². The Morgan fingerprint density at radius 2 is 1.88 bits per heavy atom. The number of likely N-dealkylation sites (tertiary alicyclic amines) is 1. The number of aryl methyl sites for hydroxylation is 2. The van der Waals surface area contributed by atoms with Crippen LogP contribution in [0.2, 0.25) is 0 Å². The van der Waals surface area contributed by atoms with E-state index in [1.807, 2.05) is 26.0 Å². The molecule has 1 saturated heterocycles. The van der Waals surface area contributed by atoms with Gasteiger partial charge in [0.05, 0.1) is 10.9 Å². The van der Waals surface area contributed by atoms with Crippen LogP contribution in [0.4, 0.5) is 4.39 Å². The molecule has 0 aliphatic carbocycles. The zero-order valence-corrected chi connectivity index (χ0v) is 19.9. The van der Waals surface area contributed by atoms with Gasteiger partial charge in [-0.3, -0.25) is 14.6 Å². The third kappa shape index (κ3) is 4.47. The van der Waals surface area contributed by atoms with Gasteiger partial charge in [-0.15, -0.1) is 0 Å². The number of amides is 1. The Bertz CT molecular complexity index is 1250. The number of nitrogens with zero attached hydrogens (tertiary/aromatic N) is 2. The van der Waals surface area contributed by atoms with Crippen LogP contribution in [0.1, 0.15) is 37.8 Å². The molecular formula is C27H29FN2O4. The van der Waals surface area contributed by atoms with Crippen LogP contribution in [-0.4, -0.2) is 46.1 Å². The third-order valence-corrected chi connectivity index (χ3v) is 6.67. The maximum Gasteiger partial charge on any atom is 0.311 e. The molecule has 6 nitrogen and oxygen atoms in total. The van der Waals surface area contributed by atoms with Crippen molar-refractivity contribution in [2.24, 2.45) is 5.41 Å². The number of hydrogen-bond acceptors (Lipinski definition) is 4. The lowest BCUT2D eigenvalue weighted by Crippen LogP contribution is -2.51. The highest BCUT2D eigenvalue weighted by atomic mass is 19.1. The fraction of sp³-hybridized carbons (Fsp3) is 0.370. The van der Waals surface area contributed by atoms with Gasteiger partial charge in [-0.1, -0.05) is 0 Å². The van der Waals surface area contributed by atoms with Gasteiger partial charge in [-0.2, -0.15) is 0 Å².